The average molecular weight is 299 g/mol. The molecule has 1 aromatic heterocycles. The SMILES string of the molecule is O=C(CBr)NC1CCCN(c2ncccn2)C1. The molecule has 1 unspecified atom stereocenters. The maximum absolute atomic E-state index is 11.3. The molecule has 6 heteroatoms. The summed E-state index contributed by atoms with van der Waals surface area (Å²) in [6.07, 6.45) is 5.54. The molecule has 92 valence electrons. The van der Waals surface area contributed by atoms with Crippen LogP contribution < -0.4 is 10.2 Å². The van der Waals surface area contributed by atoms with Crippen molar-refractivity contribution in [2.24, 2.45) is 0 Å². The first kappa shape index (κ1) is 12.3. The summed E-state index contributed by atoms with van der Waals surface area (Å²) < 4.78 is 0. The molecule has 0 radical (unpaired) electrons. The minimum Gasteiger partial charge on any atom is -0.351 e. The number of aromatic nitrogens is 2. The summed E-state index contributed by atoms with van der Waals surface area (Å²) in [7, 11) is 0. The van der Waals surface area contributed by atoms with Gasteiger partial charge in [-0.05, 0) is 18.9 Å². The number of piperidine rings is 1. The van der Waals surface area contributed by atoms with E-state index in [1.165, 1.54) is 0 Å². The van der Waals surface area contributed by atoms with E-state index in [1.807, 2.05) is 0 Å². The summed E-state index contributed by atoms with van der Waals surface area (Å²) in [5.41, 5.74) is 0. The van der Waals surface area contributed by atoms with Crippen molar-refractivity contribution < 1.29 is 4.79 Å². The van der Waals surface area contributed by atoms with Crippen LogP contribution in [0.1, 0.15) is 12.8 Å². The fraction of sp³-hybridized carbons (Fsp3) is 0.545. The topological polar surface area (TPSA) is 58.1 Å². The second-order valence-corrected chi connectivity index (χ2v) is 4.60. The van der Waals surface area contributed by atoms with Crippen LogP contribution in [-0.4, -0.2) is 40.3 Å². The predicted octanol–water partition coefficient (Wildman–Crippen LogP) is 0.956. The normalized spacial score (nSPS) is 20.1. The third kappa shape index (κ3) is 3.39. The molecule has 1 aliphatic rings. The molecule has 1 aromatic rings. The molecule has 1 fully saturated rings. The Hall–Kier alpha value is -1.17. The molecule has 0 aliphatic carbocycles. The molecule has 0 bridgehead atoms. The van der Waals surface area contributed by atoms with Crippen LogP contribution in [0.25, 0.3) is 0 Å². The number of carbonyl (C=O) groups excluding carboxylic acids is 1. The van der Waals surface area contributed by atoms with Crippen molar-refractivity contribution in [3.8, 4) is 0 Å². The molecule has 1 aliphatic heterocycles. The van der Waals surface area contributed by atoms with Crippen LogP contribution in [0.5, 0.6) is 0 Å². The minimum atomic E-state index is 0.0332. The summed E-state index contributed by atoms with van der Waals surface area (Å²) >= 11 is 3.15. The lowest BCUT2D eigenvalue weighted by Gasteiger charge is -2.32. The van der Waals surface area contributed by atoms with E-state index in [0.29, 0.717) is 5.33 Å². The lowest BCUT2D eigenvalue weighted by Crippen LogP contribution is -2.48. The Morgan fingerprint density at radius 1 is 1.53 bits per heavy atom. The van der Waals surface area contributed by atoms with E-state index in [9.17, 15) is 4.79 Å². The van der Waals surface area contributed by atoms with Crippen LogP contribution in [0.15, 0.2) is 18.5 Å². The summed E-state index contributed by atoms with van der Waals surface area (Å²) in [4.78, 5) is 21.9. The summed E-state index contributed by atoms with van der Waals surface area (Å²) in [5, 5.41) is 3.34. The molecule has 17 heavy (non-hydrogen) atoms. The van der Waals surface area contributed by atoms with E-state index in [2.05, 4.69) is 36.1 Å². The Kier molecular flexibility index (Phi) is 4.30. The standard InChI is InChI=1S/C11H15BrN4O/c12-7-10(17)15-9-3-1-6-16(8-9)11-13-4-2-5-14-11/h2,4-5,9H,1,3,6-8H2,(H,15,17). The summed E-state index contributed by atoms with van der Waals surface area (Å²) in [6.45, 7) is 1.73. The van der Waals surface area contributed by atoms with E-state index in [4.69, 9.17) is 0 Å². The maximum atomic E-state index is 11.3. The van der Waals surface area contributed by atoms with Gasteiger partial charge in [0.15, 0.2) is 0 Å². The van der Waals surface area contributed by atoms with Crippen LogP contribution in [0.2, 0.25) is 0 Å². The van der Waals surface area contributed by atoms with Gasteiger partial charge in [-0.1, -0.05) is 15.9 Å². The Morgan fingerprint density at radius 2 is 2.29 bits per heavy atom. The van der Waals surface area contributed by atoms with Crippen LogP contribution in [0.3, 0.4) is 0 Å². The lowest BCUT2D eigenvalue weighted by molar-refractivity contribution is -0.119. The molecule has 5 nitrogen and oxygen atoms in total. The highest BCUT2D eigenvalue weighted by molar-refractivity contribution is 9.09. The molecule has 1 N–H and O–H groups in total. The number of halogens is 1. The first-order valence-electron chi connectivity index (χ1n) is 5.67. The second-order valence-electron chi connectivity index (χ2n) is 4.04. The molecular formula is C11H15BrN4O. The number of nitrogens with zero attached hydrogens (tertiary/aromatic N) is 3. The number of amides is 1. The minimum absolute atomic E-state index is 0.0332. The quantitative estimate of drug-likeness (QED) is 0.845. The van der Waals surface area contributed by atoms with Crippen LogP contribution in [0, 0.1) is 0 Å². The van der Waals surface area contributed by atoms with Crippen LogP contribution >= 0.6 is 15.9 Å². The van der Waals surface area contributed by atoms with Gasteiger partial charge < -0.3 is 10.2 Å². The first-order chi connectivity index (χ1) is 8.29. The highest BCUT2D eigenvalue weighted by Gasteiger charge is 2.22. The molecule has 0 aromatic carbocycles. The molecule has 0 spiro atoms. The van der Waals surface area contributed by atoms with Crippen molar-refractivity contribution in [1.29, 1.82) is 0 Å². The molecule has 1 atom stereocenters. The van der Waals surface area contributed by atoms with Gasteiger partial charge in [0, 0.05) is 31.5 Å². The molecule has 1 saturated heterocycles. The molecule has 2 rings (SSSR count). The lowest BCUT2D eigenvalue weighted by atomic mass is 10.1. The van der Waals surface area contributed by atoms with Gasteiger partial charge in [-0.25, -0.2) is 9.97 Å². The van der Waals surface area contributed by atoms with Crippen molar-refractivity contribution in [2.75, 3.05) is 23.3 Å². The van der Waals surface area contributed by atoms with Gasteiger partial charge in [-0.3, -0.25) is 4.79 Å². The third-order valence-electron chi connectivity index (χ3n) is 2.74. The second kappa shape index (κ2) is 5.95. The fourth-order valence-electron chi connectivity index (χ4n) is 2.00. The highest BCUT2D eigenvalue weighted by Crippen LogP contribution is 2.15. The van der Waals surface area contributed by atoms with Crippen molar-refractivity contribution in [3.63, 3.8) is 0 Å². The van der Waals surface area contributed by atoms with Gasteiger partial charge in [0.05, 0.1) is 5.33 Å². The van der Waals surface area contributed by atoms with E-state index in [0.717, 1.165) is 31.9 Å². The zero-order valence-electron chi connectivity index (χ0n) is 9.47. The third-order valence-corrected chi connectivity index (χ3v) is 3.25. The van der Waals surface area contributed by atoms with Gasteiger partial charge in [0.25, 0.3) is 0 Å². The number of rotatable bonds is 3. The highest BCUT2D eigenvalue weighted by atomic mass is 79.9. The zero-order chi connectivity index (χ0) is 12.1. The van der Waals surface area contributed by atoms with E-state index >= 15 is 0 Å². The number of alkyl halides is 1. The van der Waals surface area contributed by atoms with Crippen molar-refractivity contribution >= 4 is 27.8 Å². The first-order valence-corrected chi connectivity index (χ1v) is 6.79. The average Bonchev–Trinajstić information content (AvgIpc) is 2.40. The molecule has 0 saturated carbocycles. The van der Waals surface area contributed by atoms with Crippen molar-refractivity contribution in [2.45, 2.75) is 18.9 Å². The Labute approximate surface area is 109 Å². The van der Waals surface area contributed by atoms with Crippen molar-refractivity contribution in [3.05, 3.63) is 18.5 Å². The van der Waals surface area contributed by atoms with E-state index in [-0.39, 0.29) is 11.9 Å². The summed E-state index contributed by atoms with van der Waals surface area (Å²) in [6, 6.07) is 2.00. The molecule has 2 heterocycles. The predicted molar refractivity (Wildman–Crippen MR) is 69.2 cm³/mol. The van der Waals surface area contributed by atoms with Crippen LogP contribution in [-0.2, 0) is 4.79 Å². The Balaban J connectivity index is 1.95. The van der Waals surface area contributed by atoms with Crippen LogP contribution in [0.4, 0.5) is 5.95 Å². The van der Waals surface area contributed by atoms with Crippen molar-refractivity contribution in [1.82, 2.24) is 15.3 Å². The van der Waals surface area contributed by atoms with E-state index in [1.54, 1.807) is 18.5 Å². The largest absolute Gasteiger partial charge is 0.351 e. The number of hydrogen-bond donors (Lipinski definition) is 1. The number of nitrogens with one attached hydrogen (secondary N) is 1. The number of carbonyl (C=O) groups is 1. The molecular weight excluding hydrogens is 284 g/mol. The van der Waals surface area contributed by atoms with Gasteiger partial charge in [0.2, 0.25) is 11.9 Å². The fourth-order valence-corrected chi connectivity index (χ4v) is 2.16. The zero-order valence-corrected chi connectivity index (χ0v) is 11.1. The smallest absolute Gasteiger partial charge is 0.230 e. The summed E-state index contributed by atoms with van der Waals surface area (Å²) in [5.74, 6) is 0.774. The monoisotopic (exact) mass is 298 g/mol. The maximum Gasteiger partial charge on any atom is 0.230 e. The Morgan fingerprint density at radius 3 is 3.00 bits per heavy atom. The number of anilines is 1. The van der Waals surface area contributed by atoms with Gasteiger partial charge in [0.1, 0.15) is 0 Å². The number of hydrogen-bond acceptors (Lipinski definition) is 4. The van der Waals surface area contributed by atoms with Gasteiger partial charge in [-0.15, -0.1) is 0 Å². The Bertz CT molecular complexity index is 373. The molecule has 1 amide bonds. The van der Waals surface area contributed by atoms with Gasteiger partial charge in [-0.2, -0.15) is 0 Å². The van der Waals surface area contributed by atoms with Gasteiger partial charge >= 0.3 is 0 Å². The van der Waals surface area contributed by atoms with E-state index < -0.39 is 0 Å².